The van der Waals surface area contributed by atoms with E-state index >= 15 is 0 Å². The van der Waals surface area contributed by atoms with Crippen molar-refractivity contribution in [2.75, 3.05) is 23.8 Å². The van der Waals surface area contributed by atoms with Crippen molar-refractivity contribution in [2.24, 2.45) is 11.5 Å². The molecule has 4 heteroatoms. The molecule has 0 aliphatic carbocycles. The van der Waals surface area contributed by atoms with Gasteiger partial charge in [-0.25, -0.2) is 0 Å². The minimum absolute atomic E-state index is 0.184. The number of thioether (sulfide) groups is 2. The van der Waals surface area contributed by atoms with Gasteiger partial charge in [0.1, 0.15) is 0 Å². The minimum Gasteiger partial charge on any atom is -0.328 e. The fourth-order valence-corrected chi connectivity index (χ4v) is 2.78. The van der Waals surface area contributed by atoms with E-state index in [9.17, 15) is 0 Å². The largest absolute Gasteiger partial charge is 0.328 e. The van der Waals surface area contributed by atoms with Gasteiger partial charge in [-0.3, -0.25) is 0 Å². The quantitative estimate of drug-likeness (QED) is 0.492. The molecule has 0 aromatic rings. The first-order valence-corrected chi connectivity index (χ1v) is 6.53. The molecule has 0 amide bonds. The summed E-state index contributed by atoms with van der Waals surface area (Å²) >= 11 is 3.70. The molecule has 0 bridgehead atoms. The molecule has 12 heavy (non-hydrogen) atoms. The number of hydrogen-bond acceptors (Lipinski definition) is 4. The summed E-state index contributed by atoms with van der Waals surface area (Å²) in [5.74, 6) is 3.33. The van der Waals surface area contributed by atoms with Gasteiger partial charge in [-0.15, -0.1) is 11.8 Å². The second-order valence-corrected chi connectivity index (χ2v) is 5.72. The van der Waals surface area contributed by atoms with Crippen LogP contribution in [0.25, 0.3) is 0 Å². The van der Waals surface area contributed by atoms with E-state index in [0.29, 0.717) is 6.54 Å². The van der Waals surface area contributed by atoms with Crippen LogP contribution in [0.5, 0.6) is 0 Å². The van der Waals surface area contributed by atoms with Crippen LogP contribution in [0.2, 0.25) is 0 Å². The summed E-state index contributed by atoms with van der Waals surface area (Å²) < 4.78 is 0. The summed E-state index contributed by atoms with van der Waals surface area (Å²) in [5, 5.41) is 0. The first-order valence-electron chi connectivity index (χ1n) is 4.39. The molecule has 0 saturated heterocycles. The zero-order chi connectivity index (χ0) is 9.45. The fraction of sp³-hybridized carbons (Fsp3) is 1.00. The molecule has 2 nitrogen and oxygen atoms in total. The topological polar surface area (TPSA) is 52.0 Å². The Balaban J connectivity index is 3.63. The van der Waals surface area contributed by atoms with E-state index < -0.39 is 0 Å². The molecule has 74 valence electrons. The summed E-state index contributed by atoms with van der Waals surface area (Å²) in [5.41, 5.74) is 11.7. The second kappa shape index (κ2) is 7.06. The third-order valence-corrected chi connectivity index (χ3v) is 3.79. The van der Waals surface area contributed by atoms with Gasteiger partial charge in [-0.2, -0.15) is 11.8 Å². The van der Waals surface area contributed by atoms with Crippen LogP contribution in [0.4, 0.5) is 0 Å². The summed E-state index contributed by atoms with van der Waals surface area (Å²) in [6.45, 7) is 4.86. The molecule has 0 rings (SSSR count). The first-order chi connectivity index (χ1) is 5.68. The minimum atomic E-state index is -0.184. The van der Waals surface area contributed by atoms with Crippen molar-refractivity contribution in [3.05, 3.63) is 0 Å². The van der Waals surface area contributed by atoms with Gasteiger partial charge >= 0.3 is 0 Å². The lowest BCUT2D eigenvalue weighted by Gasteiger charge is -2.26. The van der Waals surface area contributed by atoms with Crippen molar-refractivity contribution in [3.63, 3.8) is 0 Å². The van der Waals surface area contributed by atoms with E-state index in [1.807, 2.05) is 11.8 Å². The van der Waals surface area contributed by atoms with Gasteiger partial charge < -0.3 is 11.5 Å². The summed E-state index contributed by atoms with van der Waals surface area (Å²) in [7, 11) is 0. The molecule has 0 aliphatic rings. The maximum absolute atomic E-state index is 6.07. The van der Waals surface area contributed by atoms with E-state index in [2.05, 4.69) is 13.8 Å². The molecule has 0 fully saturated rings. The Morgan fingerprint density at radius 1 is 1.25 bits per heavy atom. The second-order valence-electron chi connectivity index (χ2n) is 2.65. The van der Waals surface area contributed by atoms with Gasteiger partial charge in [-0.1, -0.05) is 13.8 Å². The number of rotatable bonds is 7. The number of hydrogen-bond donors (Lipinski definition) is 2. The van der Waals surface area contributed by atoms with Crippen molar-refractivity contribution in [2.45, 2.75) is 25.1 Å². The van der Waals surface area contributed by atoms with Crippen molar-refractivity contribution >= 4 is 23.5 Å². The monoisotopic (exact) mass is 208 g/mol. The molecule has 1 atom stereocenters. The zero-order valence-electron chi connectivity index (χ0n) is 8.01. The summed E-state index contributed by atoms with van der Waals surface area (Å²) in [6.07, 6.45) is 1.01. The van der Waals surface area contributed by atoms with Crippen LogP contribution in [-0.2, 0) is 0 Å². The van der Waals surface area contributed by atoms with Crippen LogP contribution in [0.3, 0.4) is 0 Å². The van der Waals surface area contributed by atoms with Gasteiger partial charge in [0.25, 0.3) is 0 Å². The molecule has 0 spiro atoms. The van der Waals surface area contributed by atoms with Crippen molar-refractivity contribution in [1.29, 1.82) is 0 Å². The van der Waals surface area contributed by atoms with Crippen LogP contribution < -0.4 is 11.5 Å². The molecule has 0 aromatic heterocycles. The highest BCUT2D eigenvalue weighted by molar-refractivity contribution is 8.01. The Morgan fingerprint density at radius 3 is 2.33 bits per heavy atom. The number of nitrogens with two attached hydrogens (primary N) is 2. The van der Waals surface area contributed by atoms with Crippen molar-refractivity contribution in [3.8, 4) is 0 Å². The normalized spacial score (nSPS) is 16.0. The Hall–Kier alpha value is 0.620. The smallest absolute Gasteiger partial charge is 0.0751 e. The van der Waals surface area contributed by atoms with Gasteiger partial charge in [0.15, 0.2) is 0 Å². The average Bonchev–Trinajstić information content (AvgIpc) is 2.06. The molecular formula is C8H20N2S2. The fourth-order valence-electron chi connectivity index (χ4n) is 0.910. The van der Waals surface area contributed by atoms with Gasteiger partial charge in [0.05, 0.1) is 4.87 Å². The predicted octanol–water partition coefficient (Wildman–Crippen LogP) is 1.50. The molecular weight excluding hydrogens is 188 g/mol. The average molecular weight is 208 g/mol. The SMILES string of the molecule is CCSCCC(N)(CN)SCC. The van der Waals surface area contributed by atoms with E-state index in [1.165, 1.54) is 0 Å². The molecule has 0 saturated carbocycles. The Bertz CT molecular complexity index is 111. The lowest BCUT2D eigenvalue weighted by Crippen LogP contribution is -2.44. The highest BCUT2D eigenvalue weighted by Crippen LogP contribution is 2.23. The third-order valence-electron chi connectivity index (χ3n) is 1.65. The van der Waals surface area contributed by atoms with Crippen molar-refractivity contribution in [1.82, 2.24) is 0 Å². The maximum Gasteiger partial charge on any atom is 0.0751 e. The van der Waals surface area contributed by atoms with Crippen LogP contribution in [0.15, 0.2) is 0 Å². The molecule has 0 heterocycles. The van der Waals surface area contributed by atoms with Crippen LogP contribution in [-0.4, -0.2) is 28.7 Å². The maximum atomic E-state index is 6.07. The van der Waals surface area contributed by atoms with E-state index in [4.69, 9.17) is 11.5 Å². The lowest BCUT2D eigenvalue weighted by atomic mass is 10.2. The van der Waals surface area contributed by atoms with Gasteiger partial charge in [0.2, 0.25) is 0 Å². The highest BCUT2D eigenvalue weighted by atomic mass is 32.2. The Morgan fingerprint density at radius 2 is 1.92 bits per heavy atom. The lowest BCUT2D eigenvalue weighted by molar-refractivity contribution is 0.607. The molecule has 0 aromatic carbocycles. The van der Waals surface area contributed by atoms with Crippen LogP contribution in [0.1, 0.15) is 20.3 Å². The first kappa shape index (κ1) is 12.6. The van der Waals surface area contributed by atoms with Crippen LogP contribution in [0, 0.1) is 0 Å². The van der Waals surface area contributed by atoms with E-state index in [-0.39, 0.29) is 4.87 Å². The molecule has 4 N–H and O–H groups in total. The Kier molecular flexibility index (Phi) is 7.43. The summed E-state index contributed by atoms with van der Waals surface area (Å²) in [4.78, 5) is -0.184. The standard InChI is InChI=1S/C8H20N2S2/c1-3-11-6-5-8(10,7-9)12-4-2/h3-7,9-10H2,1-2H3. The summed E-state index contributed by atoms with van der Waals surface area (Å²) in [6, 6.07) is 0. The van der Waals surface area contributed by atoms with Gasteiger partial charge in [-0.05, 0) is 23.7 Å². The van der Waals surface area contributed by atoms with E-state index in [0.717, 1.165) is 23.7 Å². The Labute approximate surface area is 84.2 Å². The van der Waals surface area contributed by atoms with E-state index in [1.54, 1.807) is 11.8 Å². The molecule has 0 radical (unpaired) electrons. The third kappa shape index (κ3) is 5.30. The zero-order valence-corrected chi connectivity index (χ0v) is 9.64. The van der Waals surface area contributed by atoms with Gasteiger partial charge in [0, 0.05) is 6.54 Å². The van der Waals surface area contributed by atoms with Crippen molar-refractivity contribution < 1.29 is 0 Å². The van der Waals surface area contributed by atoms with Crippen LogP contribution >= 0.6 is 23.5 Å². The highest BCUT2D eigenvalue weighted by Gasteiger charge is 2.21. The predicted molar refractivity (Wildman–Crippen MR) is 61.7 cm³/mol. The molecule has 0 aliphatic heterocycles. The molecule has 1 unspecified atom stereocenters.